The molecule has 0 saturated heterocycles. The van der Waals surface area contributed by atoms with E-state index in [-0.39, 0.29) is 0 Å². The molecule has 10 aromatic carbocycles. The molecule has 0 fully saturated rings. The van der Waals surface area contributed by atoms with E-state index in [1.807, 2.05) is 0 Å². The Morgan fingerprint density at radius 2 is 0.739 bits per heavy atom. The van der Waals surface area contributed by atoms with Crippen molar-refractivity contribution in [3.8, 4) is 11.4 Å². The first kappa shape index (κ1) is 39.2. The quantitative estimate of drug-likeness (QED) is 0.123. The van der Waals surface area contributed by atoms with Gasteiger partial charge in [0.05, 0.1) is 44.8 Å². The summed E-state index contributed by atoms with van der Waals surface area (Å²) in [7, 11) is 0. The third-order valence-corrected chi connectivity index (χ3v) is 14.3. The van der Waals surface area contributed by atoms with Gasteiger partial charge in [-0.2, -0.15) is 0 Å². The minimum Gasteiger partial charge on any atom is -0.354 e. The lowest BCUT2D eigenvalue weighted by Crippen LogP contribution is -2.10. The molecule has 0 bridgehead atoms. The van der Waals surface area contributed by atoms with Gasteiger partial charge < -0.3 is 30.4 Å². The van der Waals surface area contributed by atoms with Gasteiger partial charge in [0.1, 0.15) is 0 Å². The largest absolute Gasteiger partial charge is 0.354 e. The Morgan fingerprint density at radius 3 is 1.16 bits per heavy atom. The van der Waals surface area contributed by atoms with Gasteiger partial charge in [0, 0.05) is 68.5 Å². The van der Waals surface area contributed by atoms with Crippen molar-refractivity contribution in [2.45, 2.75) is 19.3 Å². The Balaban J connectivity index is 0.708. The van der Waals surface area contributed by atoms with Crippen LogP contribution in [-0.2, 0) is 19.3 Å². The number of nitrogens with zero attached hydrogens (tertiary/aromatic N) is 2. The van der Waals surface area contributed by atoms with Gasteiger partial charge in [0.15, 0.2) is 0 Å². The third kappa shape index (κ3) is 6.71. The van der Waals surface area contributed by atoms with Crippen LogP contribution in [-0.4, -0.2) is 9.13 Å². The van der Waals surface area contributed by atoms with Crippen molar-refractivity contribution in [1.29, 1.82) is 0 Å². The van der Waals surface area contributed by atoms with Crippen LogP contribution in [0.25, 0.3) is 55.0 Å². The number of aromatic nitrogens is 2. The number of hydrogen-bond acceptors (Lipinski definition) is 4. The van der Waals surface area contributed by atoms with Crippen LogP contribution in [0, 0.1) is 0 Å². The fraction of sp³-hybridized carbons (Fsp3) is 0.0476. The van der Waals surface area contributed by atoms with Crippen molar-refractivity contribution >= 4 is 89.1 Å². The van der Waals surface area contributed by atoms with Crippen molar-refractivity contribution in [1.82, 2.24) is 9.13 Å². The fourth-order valence-electron chi connectivity index (χ4n) is 11.1. The van der Waals surface area contributed by atoms with Gasteiger partial charge >= 0.3 is 0 Å². The first-order valence-corrected chi connectivity index (χ1v) is 23.9. The maximum absolute atomic E-state index is 3.87. The Kier molecular flexibility index (Phi) is 8.99. The molecule has 0 spiro atoms. The molecule has 0 amide bonds. The molecule has 4 heterocycles. The highest BCUT2D eigenvalue weighted by molar-refractivity contribution is 6.10. The van der Waals surface area contributed by atoms with E-state index in [0.717, 1.165) is 76.1 Å². The molecule has 2 aliphatic heterocycles. The standard InChI is InChI=1S/C63H46N6/c1-5-25-58-50(19-1)51-20-2-6-26-59(51)68(58)48-17-11-15-46(38-48)64-54-23-9-13-44-36-42-31-29-40(34-56(42)66-62(44)54)33-41-30-32-43-37-45-14-10-24-55(63(45)67-57(43)35-41)65-47-16-12-18-49(39-47)69-60-27-7-3-21-52(60)53-22-4-8-28-61(53)69/h1-32,34-35,38-39,64-67H,33,36-37H2. The van der Waals surface area contributed by atoms with Gasteiger partial charge in [-0.25, -0.2) is 0 Å². The second kappa shape index (κ2) is 15.8. The summed E-state index contributed by atoms with van der Waals surface area (Å²) in [4.78, 5) is 0. The highest BCUT2D eigenvalue weighted by atomic mass is 15.0. The zero-order valence-corrected chi connectivity index (χ0v) is 37.8. The molecule has 69 heavy (non-hydrogen) atoms. The zero-order chi connectivity index (χ0) is 45.4. The van der Waals surface area contributed by atoms with Crippen molar-refractivity contribution in [2.24, 2.45) is 0 Å². The SMILES string of the molecule is c1cc(Nc2cccc3c2Nc2cc(Cc4ccc5c(c4)Nc4c(cccc4Nc4cccc(-n6c7ccccc7c7ccccc76)c4)C5)ccc2C3)cc(-n2c3ccccc3c3ccccc32)c1. The molecule has 6 heteroatoms. The van der Waals surface area contributed by atoms with Crippen LogP contribution >= 0.6 is 0 Å². The number of benzene rings is 10. The van der Waals surface area contributed by atoms with Gasteiger partial charge in [-0.1, -0.05) is 133 Å². The van der Waals surface area contributed by atoms with E-state index < -0.39 is 0 Å². The average molecular weight is 887 g/mol. The molecule has 0 radical (unpaired) electrons. The molecule has 4 N–H and O–H groups in total. The van der Waals surface area contributed by atoms with E-state index in [0.29, 0.717) is 0 Å². The van der Waals surface area contributed by atoms with Crippen LogP contribution < -0.4 is 21.3 Å². The first-order valence-electron chi connectivity index (χ1n) is 23.9. The molecule has 0 aliphatic carbocycles. The minimum atomic E-state index is 0.828. The molecule has 0 saturated carbocycles. The first-order chi connectivity index (χ1) is 34.1. The molecule has 6 nitrogen and oxygen atoms in total. The van der Waals surface area contributed by atoms with E-state index in [2.05, 4.69) is 249 Å². The Labute approximate surface area is 400 Å². The number of anilines is 8. The van der Waals surface area contributed by atoms with E-state index in [9.17, 15) is 0 Å². The lowest BCUT2D eigenvalue weighted by Gasteiger charge is -2.26. The lowest BCUT2D eigenvalue weighted by atomic mass is 9.92. The minimum absolute atomic E-state index is 0.828. The van der Waals surface area contributed by atoms with Crippen molar-refractivity contribution in [3.63, 3.8) is 0 Å². The number of hydrogen-bond donors (Lipinski definition) is 4. The Morgan fingerprint density at radius 1 is 0.348 bits per heavy atom. The predicted molar refractivity (Wildman–Crippen MR) is 289 cm³/mol. The van der Waals surface area contributed by atoms with Crippen molar-refractivity contribution in [3.05, 3.63) is 252 Å². The van der Waals surface area contributed by atoms with Gasteiger partial charge in [-0.3, -0.25) is 0 Å². The molecule has 2 aromatic heterocycles. The topological polar surface area (TPSA) is 58.0 Å². The highest BCUT2D eigenvalue weighted by Crippen LogP contribution is 2.43. The van der Waals surface area contributed by atoms with Crippen LogP contribution in [0.3, 0.4) is 0 Å². The summed E-state index contributed by atoms with van der Waals surface area (Å²) in [6, 6.07) is 79.2. The third-order valence-electron chi connectivity index (χ3n) is 14.3. The molecular weight excluding hydrogens is 841 g/mol. The number of para-hydroxylation sites is 6. The maximum Gasteiger partial charge on any atom is 0.0659 e. The van der Waals surface area contributed by atoms with Gasteiger partial charge in [0.2, 0.25) is 0 Å². The number of fused-ring (bicyclic) bond motifs is 10. The summed E-state index contributed by atoms with van der Waals surface area (Å²) in [6.07, 6.45) is 2.57. The molecule has 328 valence electrons. The molecule has 0 atom stereocenters. The van der Waals surface area contributed by atoms with Crippen molar-refractivity contribution in [2.75, 3.05) is 21.3 Å². The molecular formula is C63H46N6. The second-order valence-electron chi connectivity index (χ2n) is 18.5. The molecule has 2 aliphatic rings. The van der Waals surface area contributed by atoms with Gasteiger partial charge in [0.25, 0.3) is 0 Å². The average Bonchev–Trinajstić information content (AvgIpc) is 3.91. The van der Waals surface area contributed by atoms with Crippen LogP contribution in [0.15, 0.2) is 218 Å². The predicted octanol–water partition coefficient (Wildman–Crippen LogP) is 16.3. The number of rotatable bonds is 8. The smallest absolute Gasteiger partial charge is 0.0659 e. The highest BCUT2D eigenvalue weighted by Gasteiger charge is 2.22. The van der Waals surface area contributed by atoms with E-state index in [1.54, 1.807) is 0 Å². The fourth-order valence-corrected chi connectivity index (χ4v) is 11.1. The number of nitrogens with one attached hydrogen (secondary N) is 4. The molecule has 0 unspecified atom stereocenters. The Hall–Kier alpha value is -9.00. The lowest BCUT2D eigenvalue weighted by molar-refractivity contribution is 1.11. The summed E-state index contributed by atoms with van der Waals surface area (Å²) in [5.74, 6) is 0. The van der Waals surface area contributed by atoms with E-state index >= 15 is 0 Å². The zero-order valence-electron chi connectivity index (χ0n) is 37.8. The summed E-state index contributed by atoms with van der Waals surface area (Å²) >= 11 is 0. The summed E-state index contributed by atoms with van der Waals surface area (Å²) in [5.41, 5.74) is 23.6. The van der Waals surface area contributed by atoms with E-state index in [1.165, 1.54) is 77.0 Å². The summed E-state index contributed by atoms with van der Waals surface area (Å²) < 4.78 is 4.74. The van der Waals surface area contributed by atoms with Crippen LogP contribution in [0.4, 0.5) is 45.5 Å². The second-order valence-corrected chi connectivity index (χ2v) is 18.5. The summed E-state index contributed by atoms with van der Waals surface area (Å²) in [6.45, 7) is 0. The van der Waals surface area contributed by atoms with Crippen LogP contribution in [0.5, 0.6) is 0 Å². The summed E-state index contributed by atoms with van der Waals surface area (Å²) in [5, 5.41) is 20.4. The maximum atomic E-state index is 3.87. The van der Waals surface area contributed by atoms with Crippen LogP contribution in [0.2, 0.25) is 0 Å². The molecule has 14 rings (SSSR count). The van der Waals surface area contributed by atoms with Crippen LogP contribution in [0.1, 0.15) is 33.4 Å². The molecule has 12 aromatic rings. The van der Waals surface area contributed by atoms with E-state index in [4.69, 9.17) is 0 Å². The Bertz CT molecular complexity index is 3660. The monoisotopic (exact) mass is 886 g/mol. The normalized spacial score (nSPS) is 12.5. The van der Waals surface area contributed by atoms with Gasteiger partial charge in [-0.15, -0.1) is 0 Å². The van der Waals surface area contributed by atoms with Gasteiger partial charge in [-0.05, 0) is 125 Å². The van der Waals surface area contributed by atoms with Crippen molar-refractivity contribution < 1.29 is 0 Å².